The minimum Gasteiger partial charge on any atom is -0.396 e. The molecule has 1 aromatic carbocycles. The summed E-state index contributed by atoms with van der Waals surface area (Å²) in [4.78, 5) is 4.21. The Kier molecular flexibility index (Phi) is 3.22. The van der Waals surface area contributed by atoms with Gasteiger partial charge in [-0.15, -0.1) is 0 Å². The summed E-state index contributed by atoms with van der Waals surface area (Å²) in [6.45, 7) is 1.89. The van der Waals surface area contributed by atoms with E-state index in [2.05, 4.69) is 31.1 Å². The van der Waals surface area contributed by atoms with Crippen LogP contribution < -0.4 is 5.73 Å². The second kappa shape index (κ2) is 4.81. The number of halogens is 1. The number of fused-ring (bicyclic) bond motifs is 1. The minimum atomic E-state index is -3.76. The van der Waals surface area contributed by atoms with E-state index in [-0.39, 0.29) is 15.5 Å². The fourth-order valence-corrected chi connectivity index (χ4v) is 4.22. The highest BCUT2D eigenvalue weighted by Crippen LogP contribution is 2.34. The Morgan fingerprint density at radius 3 is 2.57 bits per heavy atom. The number of hydrogen-bond acceptors (Lipinski definition) is 5. The maximum absolute atomic E-state index is 12.9. The third-order valence-electron chi connectivity index (χ3n) is 3.12. The summed E-state index contributed by atoms with van der Waals surface area (Å²) in [5.74, 6) is 0. The van der Waals surface area contributed by atoms with Crippen molar-refractivity contribution >= 4 is 42.5 Å². The first-order valence-electron chi connectivity index (χ1n) is 6.01. The largest absolute Gasteiger partial charge is 0.396 e. The lowest BCUT2D eigenvalue weighted by Gasteiger charge is -2.09. The quantitative estimate of drug-likeness (QED) is 0.724. The molecule has 0 saturated carbocycles. The number of aromatic amines is 1. The predicted octanol–water partition coefficient (Wildman–Crippen LogP) is 2.44. The van der Waals surface area contributed by atoms with Crippen LogP contribution in [0.3, 0.4) is 0 Å². The number of rotatable bonds is 2. The van der Waals surface area contributed by atoms with E-state index in [1.165, 1.54) is 6.20 Å². The predicted molar refractivity (Wildman–Crippen MR) is 82.6 cm³/mol. The average molecular weight is 367 g/mol. The van der Waals surface area contributed by atoms with E-state index >= 15 is 0 Å². The van der Waals surface area contributed by atoms with Gasteiger partial charge in [0.15, 0.2) is 5.65 Å². The van der Waals surface area contributed by atoms with Crippen molar-refractivity contribution in [3.05, 3.63) is 40.6 Å². The molecule has 2 aromatic heterocycles. The number of benzene rings is 1. The first-order valence-corrected chi connectivity index (χ1v) is 8.28. The lowest BCUT2D eigenvalue weighted by Crippen LogP contribution is -2.07. The number of aryl methyl sites for hydroxylation is 1. The van der Waals surface area contributed by atoms with Gasteiger partial charge in [0.25, 0.3) is 0 Å². The molecule has 3 aromatic rings. The monoisotopic (exact) mass is 366 g/mol. The van der Waals surface area contributed by atoms with Crippen LogP contribution in [-0.2, 0) is 9.84 Å². The lowest BCUT2D eigenvalue weighted by atomic mass is 10.2. The zero-order chi connectivity index (χ0) is 15.2. The van der Waals surface area contributed by atoms with E-state index in [9.17, 15) is 8.42 Å². The summed E-state index contributed by atoms with van der Waals surface area (Å²) in [7, 11) is -3.76. The Balaban J connectivity index is 2.35. The summed E-state index contributed by atoms with van der Waals surface area (Å²) in [5, 5.41) is 6.96. The Hall–Kier alpha value is -1.93. The Bertz CT molecular complexity index is 933. The zero-order valence-corrected chi connectivity index (χ0v) is 13.4. The maximum Gasteiger partial charge on any atom is 0.209 e. The van der Waals surface area contributed by atoms with Crippen molar-refractivity contribution in [2.45, 2.75) is 16.7 Å². The van der Waals surface area contributed by atoms with Crippen molar-refractivity contribution in [2.75, 3.05) is 5.73 Å². The highest BCUT2D eigenvalue weighted by atomic mass is 79.9. The molecule has 0 spiro atoms. The molecule has 108 valence electrons. The molecule has 2 heterocycles. The smallest absolute Gasteiger partial charge is 0.209 e. The molecular formula is C13H11BrN4O2S. The summed E-state index contributed by atoms with van der Waals surface area (Å²) >= 11 is 3.25. The number of anilines is 1. The van der Waals surface area contributed by atoms with E-state index < -0.39 is 9.84 Å². The number of sulfone groups is 1. The summed E-state index contributed by atoms with van der Waals surface area (Å²) in [6.07, 6.45) is 1.30. The molecule has 0 amide bonds. The number of pyridine rings is 1. The first-order chi connectivity index (χ1) is 9.91. The second-order valence-electron chi connectivity index (χ2n) is 4.60. The summed E-state index contributed by atoms with van der Waals surface area (Å²) in [6, 6.07) is 6.60. The molecule has 0 unspecified atom stereocenters. The van der Waals surface area contributed by atoms with Gasteiger partial charge >= 0.3 is 0 Å². The van der Waals surface area contributed by atoms with Gasteiger partial charge in [-0.2, -0.15) is 5.10 Å². The summed E-state index contributed by atoms with van der Waals surface area (Å²) < 4.78 is 26.2. The molecule has 0 aliphatic rings. The molecule has 0 aliphatic carbocycles. The Morgan fingerprint density at radius 1 is 1.24 bits per heavy atom. The second-order valence-corrected chi connectivity index (χ2v) is 7.27. The van der Waals surface area contributed by atoms with Crippen molar-refractivity contribution in [2.24, 2.45) is 0 Å². The van der Waals surface area contributed by atoms with Crippen LogP contribution in [-0.4, -0.2) is 23.6 Å². The van der Waals surface area contributed by atoms with Crippen LogP contribution in [0.1, 0.15) is 5.56 Å². The molecule has 8 heteroatoms. The van der Waals surface area contributed by atoms with Gasteiger partial charge in [0.05, 0.1) is 22.2 Å². The van der Waals surface area contributed by atoms with E-state index in [0.29, 0.717) is 15.6 Å². The highest BCUT2D eigenvalue weighted by molar-refractivity contribution is 9.10. The molecule has 0 atom stereocenters. The van der Waals surface area contributed by atoms with Gasteiger partial charge in [-0.1, -0.05) is 17.7 Å². The summed E-state index contributed by atoms with van der Waals surface area (Å²) in [5.41, 5.74) is 7.22. The molecule has 0 bridgehead atoms. The van der Waals surface area contributed by atoms with Crippen molar-refractivity contribution in [1.29, 1.82) is 0 Å². The number of nitrogens with two attached hydrogens (primary N) is 1. The minimum absolute atomic E-state index is 0.0111. The molecular weight excluding hydrogens is 356 g/mol. The van der Waals surface area contributed by atoms with Crippen molar-refractivity contribution in [3.8, 4) is 0 Å². The van der Waals surface area contributed by atoms with Crippen LogP contribution in [0.15, 0.2) is 44.9 Å². The van der Waals surface area contributed by atoms with E-state index in [4.69, 9.17) is 5.73 Å². The molecule has 0 radical (unpaired) electrons. The number of nitrogens with zero attached hydrogens (tertiary/aromatic N) is 2. The zero-order valence-electron chi connectivity index (χ0n) is 11.0. The van der Waals surface area contributed by atoms with Crippen LogP contribution in [0.4, 0.5) is 5.69 Å². The van der Waals surface area contributed by atoms with Gasteiger partial charge in [-0.05, 0) is 35.0 Å². The number of H-pyrrole nitrogens is 1. The fourth-order valence-electron chi connectivity index (χ4n) is 2.07. The number of nitrogen functional groups attached to an aromatic ring is 1. The van der Waals surface area contributed by atoms with Gasteiger partial charge in [0.2, 0.25) is 9.84 Å². The molecule has 0 saturated heterocycles. The molecule has 21 heavy (non-hydrogen) atoms. The van der Waals surface area contributed by atoms with Crippen LogP contribution in [0.5, 0.6) is 0 Å². The standard InChI is InChI=1S/C13H11BrN4O2S/c1-7-2-4-8(5-3-7)21(19,20)11-9(15)6-16-13-10(11)12(14)17-18-13/h2-6H,15H2,1H3,(H,16,17,18). The number of aromatic nitrogens is 3. The van der Waals surface area contributed by atoms with Gasteiger partial charge in [-0.25, -0.2) is 13.4 Å². The Labute approximate surface area is 129 Å². The first kappa shape index (κ1) is 14.0. The van der Waals surface area contributed by atoms with Gasteiger partial charge in [0, 0.05) is 0 Å². The molecule has 0 fully saturated rings. The normalized spacial score (nSPS) is 11.9. The average Bonchev–Trinajstić information content (AvgIpc) is 2.80. The van der Waals surface area contributed by atoms with Crippen LogP contribution in [0.2, 0.25) is 0 Å². The van der Waals surface area contributed by atoms with Crippen LogP contribution in [0, 0.1) is 6.92 Å². The number of hydrogen-bond donors (Lipinski definition) is 2. The van der Waals surface area contributed by atoms with Crippen molar-refractivity contribution in [1.82, 2.24) is 15.2 Å². The third-order valence-corrected chi connectivity index (χ3v) is 5.56. The molecule has 6 nitrogen and oxygen atoms in total. The van der Waals surface area contributed by atoms with Gasteiger partial charge in [-0.3, -0.25) is 5.10 Å². The molecule has 3 N–H and O–H groups in total. The Morgan fingerprint density at radius 2 is 1.90 bits per heavy atom. The van der Waals surface area contributed by atoms with Crippen molar-refractivity contribution in [3.63, 3.8) is 0 Å². The molecule has 3 rings (SSSR count). The number of nitrogens with one attached hydrogen (secondary N) is 1. The van der Waals surface area contributed by atoms with E-state index in [0.717, 1.165) is 5.56 Å². The fraction of sp³-hybridized carbons (Fsp3) is 0.0769. The van der Waals surface area contributed by atoms with Crippen LogP contribution in [0.25, 0.3) is 11.0 Å². The van der Waals surface area contributed by atoms with Gasteiger partial charge < -0.3 is 5.73 Å². The SMILES string of the molecule is Cc1ccc(S(=O)(=O)c2c(N)cnc3n[nH]c(Br)c23)cc1. The maximum atomic E-state index is 12.9. The van der Waals surface area contributed by atoms with E-state index in [1.54, 1.807) is 24.3 Å². The molecule has 0 aliphatic heterocycles. The topological polar surface area (TPSA) is 102 Å². The van der Waals surface area contributed by atoms with Crippen LogP contribution >= 0.6 is 15.9 Å². The van der Waals surface area contributed by atoms with Gasteiger partial charge in [0.1, 0.15) is 9.50 Å². The lowest BCUT2D eigenvalue weighted by molar-refractivity contribution is 0.597. The third kappa shape index (κ3) is 2.20. The van der Waals surface area contributed by atoms with E-state index in [1.807, 2.05) is 6.92 Å². The van der Waals surface area contributed by atoms with Crippen molar-refractivity contribution < 1.29 is 8.42 Å². The highest BCUT2D eigenvalue weighted by Gasteiger charge is 2.26.